The Morgan fingerprint density at radius 2 is 1.47 bits per heavy atom. The van der Waals surface area contributed by atoms with Gasteiger partial charge in [0, 0.05) is 28.3 Å². The molecule has 0 aromatic heterocycles. The normalized spacial score (nSPS) is 13.5. The first-order chi connectivity index (χ1) is 20.3. The predicted octanol–water partition coefficient (Wildman–Crippen LogP) is 9.77. The lowest BCUT2D eigenvalue weighted by Gasteiger charge is -2.20. The van der Waals surface area contributed by atoms with E-state index in [1.165, 1.54) is 30.0 Å². The van der Waals surface area contributed by atoms with Gasteiger partial charge in [0.25, 0.3) is 0 Å². The smallest absolute Gasteiger partial charge is 0.429 e. The van der Waals surface area contributed by atoms with Crippen LogP contribution in [0.5, 0.6) is 5.75 Å². The lowest BCUT2D eigenvalue weighted by Crippen LogP contribution is -2.25. The lowest BCUT2D eigenvalue weighted by molar-refractivity contribution is -0.189. The number of benzene rings is 4. The summed E-state index contributed by atoms with van der Waals surface area (Å²) in [6.45, 7) is 3.69. The maximum atomic E-state index is 15.3. The number of hydrogen-bond donors (Lipinski definition) is 0. The summed E-state index contributed by atoms with van der Waals surface area (Å²) in [5, 5.41) is 0.120. The molecule has 0 saturated heterocycles. The van der Waals surface area contributed by atoms with E-state index in [0.29, 0.717) is 34.9 Å². The quantitative estimate of drug-likeness (QED) is 0.130. The second kappa shape index (κ2) is 11.6. The van der Waals surface area contributed by atoms with Crippen LogP contribution in [0.1, 0.15) is 25.0 Å². The number of halogens is 8. The first-order valence-electron chi connectivity index (χ1n) is 12.4. The molecule has 4 aromatic rings. The molecule has 0 amide bonds. The Morgan fingerprint density at radius 1 is 0.744 bits per heavy atom. The summed E-state index contributed by atoms with van der Waals surface area (Å²) in [4.78, 5) is 5.33. The van der Waals surface area contributed by atoms with Gasteiger partial charge >= 0.3 is 6.11 Å². The van der Waals surface area contributed by atoms with Gasteiger partial charge in [-0.3, -0.25) is 0 Å². The molecule has 1 aliphatic rings. The van der Waals surface area contributed by atoms with Crippen LogP contribution in [0.15, 0.2) is 82.3 Å². The van der Waals surface area contributed by atoms with Crippen molar-refractivity contribution in [3.63, 3.8) is 0 Å². The van der Waals surface area contributed by atoms with Gasteiger partial charge in [0.15, 0.2) is 22.5 Å². The minimum atomic E-state index is -4.60. The summed E-state index contributed by atoms with van der Waals surface area (Å²) >= 11 is 1.35. The summed E-state index contributed by atoms with van der Waals surface area (Å²) < 4.78 is 120. The van der Waals surface area contributed by atoms with Gasteiger partial charge in [-0.1, -0.05) is 29.8 Å². The van der Waals surface area contributed by atoms with Crippen molar-refractivity contribution in [3.05, 3.63) is 123 Å². The maximum absolute atomic E-state index is 15.3. The van der Waals surface area contributed by atoms with E-state index in [2.05, 4.69) is 21.6 Å². The third-order valence-corrected chi connectivity index (χ3v) is 7.05. The van der Waals surface area contributed by atoms with Crippen molar-refractivity contribution >= 4 is 27.6 Å². The lowest BCUT2D eigenvalue weighted by atomic mass is 10.0. The van der Waals surface area contributed by atoms with Crippen LogP contribution in [0.4, 0.5) is 35.1 Å². The van der Waals surface area contributed by atoms with E-state index in [-0.39, 0.29) is 10.8 Å². The van der Waals surface area contributed by atoms with Gasteiger partial charge in [-0.05, 0) is 84.2 Å². The van der Waals surface area contributed by atoms with Crippen molar-refractivity contribution in [1.82, 2.24) is 0 Å². The molecule has 0 fully saturated rings. The minimum absolute atomic E-state index is 0.0434. The van der Waals surface area contributed by atoms with Crippen LogP contribution in [0, 0.1) is 46.7 Å². The number of hydrogen-bond acceptors (Lipinski definition) is 3. The van der Waals surface area contributed by atoms with Crippen molar-refractivity contribution < 1.29 is 39.9 Å². The highest BCUT2D eigenvalue weighted by molar-refractivity contribution is 8.17. The van der Waals surface area contributed by atoms with Crippen LogP contribution in [-0.2, 0) is 6.11 Å². The van der Waals surface area contributed by atoms with Crippen molar-refractivity contribution in [2.75, 3.05) is 0 Å². The number of alkyl halides is 2. The van der Waals surface area contributed by atoms with Gasteiger partial charge in [0.2, 0.25) is 0 Å². The molecule has 218 valence electrons. The van der Waals surface area contributed by atoms with Crippen molar-refractivity contribution in [3.8, 4) is 28.7 Å². The van der Waals surface area contributed by atoms with Gasteiger partial charge in [-0.2, -0.15) is 8.78 Å². The SMILES string of the molecule is CC1=CC=C(C)SC(C#Cc2ccc3c(F)c(C(F)(F)Oc4ccc(-c5cc(F)c(F)c(F)c5)c(F)c4)c(F)cc3c2)=N1. The molecule has 0 bridgehead atoms. The second-order valence-electron chi connectivity index (χ2n) is 9.35. The number of rotatable bonds is 4. The minimum Gasteiger partial charge on any atom is -0.429 e. The van der Waals surface area contributed by atoms with Crippen LogP contribution in [0.2, 0.25) is 0 Å². The third-order valence-electron chi connectivity index (χ3n) is 6.21. The molecule has 2 nitrogen and oxygen atoms in total. The molecule has 0 radical (unpaired) electrons. The molecule has 1 heterocycles. The fraction of sp³-hybridized carbons (Fsp3) is 0.0938. The van der Waals surface area contributed by atoms with Crippen molar-refractivity contribution in [2.24, 2.45) is 4.99 Å². The highest BCUT2D eigenvalue weighted by Crippen LogP contribution is 2.39. The Labute approximate surface area is 244 Å². The molecular weight excluding hydrogens is 598 g/mol. The van der Waals surface area contributed by atoms with Crippen LogP contribution in [0.25, 0.3) is 21.9 Å². The van der Waals surface area contributed by atoms with E-state index in [4.69, 9.17) is 0 Å². The molecule has 0 N–H and O–H groups in total. The van der Waals surface area contributed by atoms with E-state index >= 15 is 13.2 Å². The number of allylic oxidation sites excluding steroid dienone is 4. The summed E-state index contributed by atoms with van der Waals surface area (Å²) in [7, 11) is 0. The van der Waals surface area contributed by atoms with E-state index < -0.39 is 63.5 Å². The average molecular weight is 616 g/mol. The van der Waals surface area contributed by atoms with E-state index in [0.717, 1.165) is 22.7 Å². The zero-order valence-electron chi connectivity index (χ0n) is 22.1. The summed E-state index contributed by atoms with van der Waals surface area (Å²) in [5.41, 5.74) is -1.49. The molecule has 0 saturated carbocycles. The molecule has 0 unspecified atom stereocenters. The average Bonchev–Trinajstić information content (AvgIpc) is 3.09. The van der Waals surface area contributed by atoms with Gasteiger partial charge < -0.3 is 4.74 Å². The Balaban J connectivity index is 1.43. The van der Waals surface area contributed by atoms with Gasteiger partial charge in [0.05, 0.1) is 0 Å². The molecule has 0 spiro atoms. The zero-order chi connectivity index (χ0) is 31.1. The molecule has 43 heavy (non-hydrogen) atoms. The second-order valence-corrected chi connectivity index (χ2v) is 10.6. The highest BCUT2D eigenvalue weighted by atomic mass is 32.2. The molecule has 5 rings (SSSR count). The first-order valence-corrected chi connectivity index (χ1v) is 13.2. The summed E-state index contributed by atoms with van der Waals surface area (Å²) in [6, 6.07) is 7.71. The van der Waals surface area contributed by atoms with Gasteiger partial charge in [-0.15, -0.1) is 0 Å². The fourth-order valence-electron chi connectivity index (χ4n) is 4.20. The molecule has 0 atom stereocenters. The van der Waals surface area contributed by atoms with E-state index in [1.807, 2.05) is 19.1 Å². The topological polar surface area (TPSA) is 21.6 Å². The Hall–Kier alpha value is -4.56. The third kappa shape index (κ3) is 6.29. The first kappa shape index (κ1) is 29.9. The van der Waals surface area contributed by atoms with Gasteiger partial charge in [0.1, 0.15) is 28.8 Å². The molecule has 11 heteroatoms. The number of thioether (sulfide) groups is 1. The van der Waals surface area contributed by atoms with Crippen LogP contribution >= 0.6 is 11.8 Å². The van der Waals surface area contributed by atoms with Crippen LogP contribution in [-0.4, -0.2) is 5.04 Å². The van der Waals surface area contributed by atoms with Crippen molar-refractivity contribution in [1.29, 1.82) is 0 Å². The predicted molar refractivity (Wildman–Crippen MR) is 150 cm³/mol. The molecule has 4 aromatic carbocycles. The number of nitrogens with zero attached hydrogens (tertiary/aromatic N) is 1. The molecule has 1 aliphatic heterocycles. The van der Waals surface area contributed by atoms with E-state index in [9.17, 15) is 22.0 Å². The Kier molecular flexibility index (Phi) is 8.08. The monoisotopic (exact) mass is 615 g/mol. The Bertz CT molecular complexity index is 1930. The number of ether oxygens (including phenoxy) is 1. The molecular formula is C32H17F8NOS. The number of aliphatic imine (C=N–C) groups is 1. The largest absolute Gasteiger partial charge is 0.432 e. The maximum Gasteiger partial charge on any atom is 0.432 e. The van der Waals surface area contributed by atoms with E-state index in [1.54, 1.807) is 6.92 Å². The molecule has 0 aliphatic carbocycles. The summed E-state index contributed by atoms with van der Waals surface area (Å²) in [5.74, 6) is -4.53. The Morgan fingerprint density at radius 3 is 2.16 bits per heavy atom. The number of fused-ring (bicyclic) bond motifs is 1. The summed E-state index contributed by atoms with van der Waals surface area (Å²) in [6.07, 6.45) is -0.880. The van der Waals surface area contributed by atoms with Crippen LogP contribution < -0.4 is 4.74 Å². The highest BCUT2D eigenvalue weighted by Gasteiger charge is 2.42. The van der Waals surface area contributed by atoms with Gasteiger partial charge in [-0.25, -0.2) is 31.3 Å². The fourth-order valence-corrected chi connectivity index (χ4v) is 4.93. The van der Waals surface area contributed by atoms with Crippen molar-refractivity contribution in [2.45, 2.75) is 20.0 Å². The van der Waals surface area contributed by atoms with Crippen LogP contribution in [0.3, 0.4) is 0 Å². The zero-order valence-corrected chi connectivity index (χ0v) is 23.0. The standard InChI is InChI=1S/C32H17F8NOS/c1-16-3-4-17(2)43-28(41-16)10-6-18-5-8-23-19(11-18)12-25(34)29(30(23)37)32(39,40)42-21-7-9-22(24(33)15-21)20-13-26(35)31(38)27(36)14-20/h3-5,7-9,11-15H,1-2H3.